The molecular formula is C23H25N5O2S. The van der Waals surface area contributed by atoms with Gasteiger partial charge in [-0.3, -0.25) is 14.6 Å². The monoisotopic (exact) mass is 435 g/mol. The van der Waals surface area contributed by atoms with E-state index in [1.54, 1.807) is 12.4 Å². The lowest BCUT2D eigenvalue weighted by Gasteiger charge is -2.37. The van der Waals surface area contributed by atoms with Gasteiger partial charge in [-0.15, -0.1) is 0 Å². The number of nitrogens with zero attached hydrogens (tertiary/aromatic N) is 4. The first-order valence-corrected chi connectivity index (χ1v) is 11.0. The Morgan fingerprint density at radius 3 is 2.42 bits per heavy atom. The van der Waals surface area contributed by atoms with Gasteiger partial charge in [0.05, 0.1) is 5.69 Å². The molecule has 0 atom stereocenters. The van der Waals surface area contributed by atoms with Crippen LogP contribution in [0.5, 0.6) is 0 Å². The minimum atomic E-state index is -0.232. The molecule has 1 saturated heterocycles. The molecule has 8 heteroatoms. The van der Waals surface area contributed by atoms with E-state index in [4.69, 9.17) is 0 Å². The van der Waals surface area contributed by atoms with Gasteiger partial charge in [-0.05, 0) is 54.7 Å². The predicted octanol–water partition coefficient (Wildman–Crippen LogP) is 3.74. The minimum absolute atomic E-state index is 0.0952. The van der Waals surface area contributed by atoms with E-state index < -0.39 is 0 Å². The molecule has 1 aliphatic rings. The summed E-state index contributed by atoms with van der Waals surface area (Å²) in [6, 6.07) is 9.97. The van der Waals surface area contributed by atoms with Gasteiger partial charge in [0, 0.05) is 56.7 Å². The maximum absolute atomic E-state index is 13.3. The Kier molecular flexibility index (Phi) is 5.99. The van der Waals surface area contributed by atoms with Crippen LogP contribution in [-0.4, -0.2) is 52.3 Å². The molecule has 0 bridgehead atoms. The number of benzene rings is 1. The van der Waals surface area contributed by atoms with E-state index in [0.29, 0.717) is 29.3 Å². The fourth-order valence-electron chi connectivity index (χ4n) is 3.81. The third-order valence-corrected chi connectivity index (χ3v) is 6.46. The minimum Gasteiger partial charge on any atom is -0.368 e. The third-order valence-electron chi connectivity index (χ3n) is 5.62. The van der Waals surface area contributed by atoms with Gasteiger partial charge in [-0.25, -0.2) is 0 Å². The maximum atomic E-state index is 13.3. The molecule has 31 heavy (non-hydrogen) atoms. The molecule has 0 aliphatic carbocycles. The molecule has 2 amide bonds. The molecule has 1 aromatic carbocycles. The summed E-state index contributed by atoms with van der Waals surface area (Å²) in [6.07, 6.45) is 3.33. The average molecular weight is 436 g/mol. The second-order valence-corrected chi connectivity index (χ2v) is 8.42. The van der Waals surface area contributed by atoms with Crippen molar-refractivity contribution in [1.29, 1.82) is 0 Å². The zero-order valence-electron chi connectivity index (χ0n) is 17.9. The maximum Gasteiger partial charge on any atom is 0.267 e. The predicted molar refractivity (Wildman–Crippen MR) is 124 cm³/mol. The first kappa shape index (κ1) is 21.0. The normalized spacial score (nSPS) is 13.9. The third kappa shape index (κ3) is 4.29. The molecule has 0 spiro atoms. The van der Waals surface area contributed by atoms with Crippen molar-refractivity contribution in [2.45, 2.75) is 20.8 Å². The van der Waals surface area contributed by atoms with E-state index in [0.717, 1.165) is 30.2 Å². The van der Waals surface area contributed by atoms with Gasteiger partial charge in [0.2, 0.25) is 5.91 Å². The first-order chi connectivity index (χ1) is 15.0. The van der Waals surface area contributed by atoms with Crippen molar-refractivity contribution in [1.82, 2.24) is 14.3 Å². The Bertz CT molecular complexity index is 1100. The summed E-state index contributed by atoms with van der Waals surface area (Å²) < 4.78 is 4.48. The smallest absolute Gasteiger partial charge is 0.267 e. The summed E-state index contributed by atoms with van der Waals surface area (Å²) in [5.41, 5.74) is 5.66. The second-order valence-electron chi connectivity index (χ2n) is 7.65. The highest BCUT2D eigenvalue weighted by atomic mass is 32.1. The molecular weight excluding hydrogens is 410 g/mol. The number of pyridine rings is 1. The fourth-order valence-corrected chi connectivity index (χ4v) is 4.63. The quantitative estimate of drug-likeness (QED) is 0.675. The van der Waals surface area contributed by atoms with E-state index in [2.05, 4.69) is 51.6 Å². The summed E-state index contributed by atoms with van der Waals surface area (Å²) >= 11 is 1.13. The van der Waals surface area contributed by atoms with E-state index >= 15 is 0 Å². The molecule has 0 radical (unpaired) electrons. The fraction of sp³-hybridized carbons (Fsp3) is 0.304. The zero-order chi connectivity index (χ0) is 22.0. The SMILES string of the molecule is CC(=O)Nc1c(-c2ccncc2)nsc1C(=O)N1CCN(c2cccc(C)c2C)CC1. The Labute approximate surface area is 185 Å². The van der Waals surface area contributed by atoms with Crippen LogP contribution >= 0.6 is 11.5 Å². The van der Waals surface area contributed by atoms with Crippen LogP contribution in [0.4, 0.5) is 11.4 Å². The van der Waals surface area contributed by atoms with Gasteiger partial charge < -0.3 is 15.1 Å². The van der Waals surface area contributed by atoms with Gasteiger partial charge in [-0.1, -0.05) is 12.1 Å². The lowest BCUT2D eigenvalue weighted by Crippen LogP contribution is -2.49. The number of carbonyl (C=O) groups excluding carboxylic acids is 2. The van der Waals surface area contributed by atoms with E-state index in [1.165, 1.54) is 23.7 Å². The number of aryl methyl sites for hydroxylation is 1. The lowest BCUT2D eigenvalue weighted by molar-refractivity contribution is -0.114. The Balaban J connectivity index is 1.54. The van der Waals surface area contributed by atoms with Gasteiger partial charge >= 0.3 is 0 Å². The van der Waals surface area contributed by atoms with Gasteiger partial charge in [0.25, 0.3) is 5.91 Å². The number of aromatic nitrogens is 2. The highest BCUT2D eigenvalue weighted by Gasteiger charge is 2.28. The van der Waals surface area contributed by atoms with Crippen molar-refractivity contribution in [3.8, 4) is 11.3 Å². The van der Waals surface area contributed by atoms with Crippen molar-refractivity contribution in [2.75, 3.05) is 36.4 Å². The van der Waals surface area contributed by atoms with Crippen molar-refractivity contribution in [2.24, 2.45) is 0 Å². The second kappa shape index (κ2) is 8.85. The standard InChI is InChI=1S/C23H25N5O2S/c1-15-5-4-6-19(16(15)2)27-11-13-28(14-12-27)23(30)22-21(25-17(3)29)20(26-31-22)18-7-9-24-10-8-18/h4-10H,11-14H2,1-3H3,(H,25,29). The lowest BCUT2D eigenvalue weighted by atomic mass is 10.1. The molecule has 1 fully saturated rings. The highest BCUT2D eigenvalue weighted by Crippen LogP contribution is 2.34. The van der Waals surface area contributed by atoms with E-state index in [9.17, 15) is 9.59 Å². The van der Waals surface area contributed by atoms with Crippen molar-refractivity contribution in [3.63, 3.8) is 0 Å². The molecule has 3 aromatic rings. The van der Waals surface area contributed by atoms with Crippen LogP contribution in [-0.2, 0) is 4.79 Å². The molecule has 0 unspecified atom stereocenters. The summed E-state index contributed by atoms with van der Waals surface area (Å²) in [6.45, 7) is 8.46. The van der Waals surface area contributed by atoms with Crippen LogP contribution in [0.2, 0.25) is 0 Å². The topological polar surface area (TPSA) is 78.4 Å². The molecule has 7 nitrogen and oxygen atoms in total. The van der Waals surface area contributed by atoms with Gasteiger partial charge in [0.1, 0.15) is 10.6 Å². The molecule has 1 aliphatic heterocycles. The number of anilines is 2. The highest BCUT2D eigenvalue weighted by molar-refractivity contribution is 7.09. The van der Waals surface area contributed by atoms with Crippen LogP contribution in [0.3, 0.4) is 0 Å². The molecule has 0 saturated carbocycles. The number of rotatable bonds is 4. The molecule has 160 valence electrons. The number of amides is 2. The van der Waals surface area contributed by atoms with Crippen LogP contribution < -0.4 is 10.2 Å². The number of piperazine rings is 1. The Morgan fingerprint density at radius 1 is 1.03 bits per heavy atom. The Morgan fingerprint density at radius 2 is 1.74 bits per heavy atom. The van der Waals surface area contributed by atoms with Crippen LogP contribution in [0.15, 0.2) is 42.7 Å². The first-order valence-electron chi connectivity index (χ1n) is 10.2. The number of hydrogen-bond acceptors (Lipinski definition) is 6. The summed E-state index contributed by atoms with van der Waals surface area (Å²) in [5.74, 6) is -0.327. The Hall–Kier alpha value is -3.26. The molecule has 4 rings (SSSR count). The summed E-state index contributed by atoms with van der Waals surface area (Å²) in [7, 11) is 0. The zero-order valence-corrected chi connectivity index (χ0v) is 18.7. The van der Waals surface area contributed by atoms with Gasteiger partial charge in [0.15, 0.2) is 0 Å². The van der Waals surface area contributed by atoms with Crippen LogP contribution in [0, 0.1) is 13.8 Å². The van der Waals surface area contributed by atoms with Crippen LogP contribution in [0.1, 0.15) is 27.7 Å². The number of hydrogen-bond donors (Lipinski definition) is 1. The van der Waals surface area contributed by atoms with E-state index in [-0.39, 0.29) is 11.8 Å². The van der Waals surface area contributed by atoms with Crippen molar-refractivity contribution < 1.29 is 9.59 Å². The molecule has 3 heterocycles. The summed E-state index contributed by atoms with van der Waals surface area (Å²) in [4.78, 5) is 33.8. The van der Waals surface area contributed by atoms with E-state index in [1.807, 2.05) is 17.0 Å². The van der Waals surface area contributed by atoms with Crippen molar-refractivity contribution >= 4 is 34.7 Å². The van der Waals surface area contributed by atoms with Crippen molar-refractivity contribution in [3.05, 3.63) is 58.7 Å². The van der Waals surface area contributed by atoms with Crippen LogP contribution in [0.25, 0.3) is 11.3 Å². The number of nitrogens with one attached hydrogen (secondary N) is 1. The average Bonchev–Trinajstić information content (AvgIpc) is 3.18. The summed E-state index contributed by atoms with van der Waals surface area (Å²) in [5, 5.41) is 2.82. The molecule has 2 aromatic heterocycles. The molecule has 1 N–H and O–H groups in total. The van der Waals surface area contributed by atoms with Gasteiger partial charge in [-0.2, -0.15) is 4.37 Å². The largest absolute Gasteiger partial charge is 0.368 e. The number of carbonyl (C=O) groups is 2.